The molecule has 110 valence electrons. The second-order valence-corrected chi connectivity index (χ2v) is 8.42. The molecule has 5 unspecified atom stereocenters. The van der Waals surface area contributed by atoms with Gasteiger partial charge in [-0.15, -0.1) is 0 Å². The van der Waals surface area contributed by atoms with Crippen LogP contribution in [0.3, 0.4) is 0 Å². The Morgan fingerprint density at radius 2 is 1.89 bits per heavy atom. The van der Waals surface area contributed by atoms with Gasteiger partial charge in [-0.2, -0.15) is 0 Å². The topological polar surface area (TPSA) is 29.3 Å². The summed E-state index contributed by atoms with van der Waals surface area (Å²) < 4.78 is 0. The largest absolute Gasteiger partial charge is 0.327 e. The molecule has 1 aliphatic heterocycles. The summed E-state index contributed by atoms with van der Waals surface area (Å²) in [5, 5.41) is 0. The van der Waals surface area contributed by atoms with E-state index in [1.54, 1.807) is 0 Å². The minimum atomic E-state index is 0.485. The molecule has 1 heterocycles. The first-order valence-electron chi connectivity index (χ1n) is 8.46. The van der Waals surface area contributed by atoms with Gasteiger partial charge in [0.05, 0.1) is 0 Å². The summed E-state index contributed by atoms with van der Waals surface area (Å²) in [5.74, 6) is 2.57. The second-order valence-electron chi connectivity index (χ2n) is 8.42. The van der Waals surface area contributed by atoms with Gasteiger partial charge >= 0.3 is 0 Å². The third-order valence-corrected chi connectivity index (χ3v) is 6.30. The molecule has 2 saturated carbocycles. The van der Waals surface area contributed by atoms with Gasteiger partial charge in [-0.3, -0.25) is 4.90 Å². The zero-order valence-electron chi connectivity index (χ0n) is 13.1. The smallest absolute Gasteiger partial charge is 0.0121 e. The fourth-order valence-electron chi connectivity index (χ4n) is 5.30. The van der Waals surface area contributed by atoms with Crippen molar-refractivity contribution in [1.29, 1.82) is 0 Å². The summed E-state index contributed by atoms with van der Waals surface area (Å²) in [5.41, 5.74) is 6.93. The Labute approximate surface area is 119 Å². The number of rotatable bonds is 1. The van der Waals surface area contributed by atoms with Crippen LogP contribution in [0.1, 0.15) is 59.3 Å². The first-order valence-corrected chi connectivity index (χ1v) is 8.46. The predicted molar refractivity (Wildman–Crippen MR) is 81.0 cm³/mol. The molecule has 3 fully saturated rings. The molecule has 0 aromatic heterocycles. The lowest BCUT2D eigenvalue weighted by atomic mass is 9.70. The summed E-state index contributed by atoms with van der Waals surface area (Å²) in [7, 11) is 0. The Morgan fingerprint density at radius 3 is 2.58 bits per heavy atom. The lowest BCUT2D eigenvalue weighted by Gasteiger charge is -2.43. The Morgan fingerprint density at radius 1 is 1.11 bits per heavy atom. The van der Waals surface area contributed by atoms with Crippen LogP contribution in [0.4, 0.5) is 0 Å². The number of hydrogen-bond acceptors (Lipinski definition) is 2. The molecule has 2 N–H and O–H groups in total. The SMILES string of the molecule is CC1CC(C)(C)CCC1N1CC2CCCC(N)C2C1. The summed E-state index contributed by atoms with van der Waals surface area (Å²) in [6.07, 6.45) is 8.27. The average Bonchev–Trinajstić information content (AvgIpc) is 2.72. The van der Waals surface area contributed by atoms with E-state index in [2.05, 4.69) is 25.7 Å². The average molecular weight is 264 g/mol. The van der Waals surface area contributed by atoms with Gasteiger partial charge in [-0.1, -0.05) is 27.2 Å². The molecule has 2 nitrogen and oxygen atoms in total. The molecule has 0 radical (unpaired) electrons. The van der Waals surface area contributed by atoms with E-state index in [1.807, 2.05) is 0 Å². The Balaban J connectivity index is 1.64. The van der Waals surface area contributed by atoms with Crippen molar-refractivity contribution in [3.63, 3.8) is 0 Å². The number of likely N-dealkylation sites (tertiary alicyclic amines) is 1. The molecule has 0 bridgehead atoms. The van der Waals surface area contributed by atoms with Gasteiger partial charge in [-0.05, 0) is 55.3 Å². The van der Waals surface area contributed by atoms with Crippen molar-refractivity contribution in [1.82, 2.24) is 4.90 Å². The van der Waals surface area contributed by atoms with Crippen LogP contribution in [0.15, 0.2) is 0 Å². The third kappa shape index (κ3) is 2.71. The third-order valence-electron chi connectivity index (χ3n) is 6.30. The van der Waals surface area contributed by atoms with E-state index >= 15 is 0 Å². The summed E-state index contributed by atoms with van der Waals surface area (Å²) in [6, 6.07) is 1.32. The van der Waals surface area contributed by atoms with Crippen molar-refractivity contribution < 1.29 is 0 Å². The van der Waals surface area contributed by atoms with Crippen molar-refractivity contribution in [2.75, 3.05) is 13.1 Å². The maximum Gasteiger partial charge on any atom is 0.0121 e. The zero-order chi connectivity index (χ0) is 13.6. The van der Waals surface area contributed by atoms with E-state index in [-0.39, 0.29) is 0 Å². The van der Waals surface area contributed by atoms with Crippen LogP contribution in [-0.4, -0.2) is 30.1 Å². The molecule has 2 heteroatoms. The number of nitrogens with two attached hydrogens (primary N) is 1. The maximum absolute atomic E-state index is 6.36. The van der Waals surface area contributed by atoms with Gasteiger partial charge in [-0.25, -0.2) is 0 Å². The van der Waals surface area contributed by atoms with Crippen LogP contribution < -0.4 is 5.73 Å². The summed E-state index contributed by atoms with van der Waals surface area (Å²) in [4.78, 5) is 2.82. The van der Waals surface area contributed by atoms with Crippen molar-refractivity contribution in [3.05, 3.63) is 0 Å². The van der Waals surface area contributed by atoms with E-state index in [9.17, 15) is 0 Å². The lowest BCUT2D eigenvalue weighted by molar-refractivity contribution is 0.0716. The fraction of sp³-hybridized carbons (Fsp3) is 1.00. The summed E-state index contributed by atoms with van der Waals surface area (Å²) >= 11 is 0. The monoisotopic (exact) mass is 264 g/mol. The highest BCUT2D eigenvalue weighted by atomic mass is 15.2. The molecule has 0 amide bonds. The maximum atomic E-state index is 6.36. The fourth-order valence-corrected chi connectivity index (χ4v) is 5.30. The highest BCUT2D eigenvalue weighted by molar-refractivity contribution is 4.97. The standard InChI is InChI=1S/C17H32N2/c1-12-9-17(2,3)8-7-16(12)19-10-13-5-4-6-15(18)14(13)11-19/h12-16H,4-11,18H2,1-3H3. The number of nitrogens with zero attached hydrogens (tertiary/aromatic N) is 1. The minimum absolute atomic E-state index is 0.485. The normalized spacial score (nSPS) is 47.1. The predicted octanol–water partition coefficient (Wildman–Crippen LogP) is 3.26. The highest BCUT2D eigenvalue weighted by Crippen LogP contribution is 2.44. The van der Waals surface area contributed by atoms with Crippen LogP contribution in [0.5, 0.6) is 0 Å². The molecule has 0 aromatic carbocycles. The van der Waals surface area contributed by atoms with E-state index < -0.39 is 0 Å². The van der Waals surface area contributed by atoms with Crippen molar-refractivity contribution in [3.8, 4) is 0 Å². The molecule has 5 atom stereocenters. The van der Waals surface area contributed by atoms with Gasteiger partial charge in [0.15, 0.2) is 0 Å². The van der Waals surface area contributed by atoms with Crippen LogP contribution in [0.25, 0.3) is 0 Å². The lowest BCUT2D eigenvalue weighted by Crippen LogP contribution is -2.44. The van der Waals surface area contributed by atoms with Crippen LogP contribution >= 0.6 is 0 Å². The molecular weight excluding hydrogens is 232 g/mol. The quantitative estimate of drug-likeness (QED) is 0.787. The molecule has 3 rings (SSSR count). The zero-order valence-corrected chi connectivity index (χ0v) is 13.1. The van der Waals surface area contributed by atoms with Crippen LogP contribution in [0, 0.1) is 23.2 Å². The van der Waals surface area contributed by atoms with Gasteiger partial charge in [0.25, 0.3) is 0 Å². The van der Waals surface area contributed by atoms with Gasteiger partial charge in [0, 0.05) is 25.2 Å². The molecule has 2 aliphatic carbocycles. The van der Waals surface area contributed by atoms with Crippen molar-refractivity contribution in [2.24, 2.45) is 28.9 Å². The summed E-state index contributed by atoms with van der Waals surface area (Å²) in [6.45, 7) is 10.0. The number of hydrogen-bond donors (Lipinski definition) is 1. The molecule has 1 saturated heterocycles. The van der Waals surface area contributed by atoms with Crippen LogP contribution in [-0.2, 0) is 0 Å². The molecule has 0 aromatic rings. The van der Waals surface area contributed by atoms with E-state index in [0.29, 0.717) is 11.5 Å². The van der Waals surface area contributed by atoms with Gasteiger partial charge in [0.2, 0.25) is 0 Å². The Kier molecular flexibility index (Phi) is 3.68. The number of fused-ring (bicyclic) bond motifs is 1. The molecule has 3 aliphatic rings. The van der Waals surface area contributed by atoms with Gasteiger partial charge < -0.3 is 5.73 Å². The highest BCUT2D eigenvalue weighted by Gasteiger charge is 2.43. The Hall–Kier alpha value is -0.0800. The first-order chi connectivity index (χ1) is 8.96. The molecule has 19 heavy (non-hydrogen) atoms. The Bertz CT molecular complexity index is 325. The van der Waals surface area contributed by atoms with Crippen molar-refractivity contribution in [2.45, 2.75) is 71.4 Å². The molecule has 0 spiro atoms. The van der Waals surface area contributed by atoms with Gasteiger partial charge in [0.1, 0.15) is 0 Å². The second kappa shape index (κ2) is 5.04. The van der Waals surface area contributed by atoms with E-state index in [0.717, 1.165) is 23.8 Å². The van der Waals surface area contributed by atoms with Crippen LogP contribution in [0.2, 0.25) is 0 Å². The van der Waals surface area contributed by atoms with Crippen molar-refractivity contribution >= 4 is 0 Å². The molecular formula is C17H32N2. The van der Waals surface area contributed by atoms with E-state index in [4.69, 9.17) is 5.73 Å². The first kappa shape index (κ1) is 13.9. The van der Waals surface area contributed by atoms with E-state index in [1.165, 1.54) is 51.6 Å². The minimum Gasteiger partial charge on any atom is -0.327 e.